The number of anilines is 1. The molecule has 0 aliphatic carbocycles. The molecule has 0 aromatic heterocycles. The topological polar surface area (TPSA) is 84.9 Å². The fraction of sp³-hybridized carbons (Fsp3) is 0.318. The first-order valence-corrected chi connectivity index (χ1v) is 9.74. The van der Waals surface area contributed by atoms with Gasteiger partial charge in [0.05, 0.1) is 5.69 Å². The van der Waals surface area contributed by atoms with Crippen LogP contribution in [0.25, 0.3) is 0 Å². The van der Waals surface area contributed by atoms with E-state index in [1.54, 1.807) is 18.2 Å². The van der Waals surface area contributed by atoms with Crippen LogP contribution in [-0.4, -0.2) is 43.9 Å². The van der Waals surface area contributed by atoms with Gasteiger partial charge in [0.2, 0.25) is 5.91 Å². The summed E-state index contributed by atoms with van der Waals surface area (Å²) in [5.41, 5.74) is 0.605. The Morgan fingerprint density at radius 3 is 2.80 bits per heavy atom. The molecule has 1 aliphatic heterocycles. The fourth-order valence-corrected chi connectivity index (χ4v) is 2.94. The summed E-state index contributed by atoms with van der Waals surface area (Å²) < 4.78 is 24.3. The van der Waals surface area contributed by atoms with Crippen LogP contribution in [0.3, 0.4) is 0 Å². The number of fused-ring (bicyclic) bond motifs is 1. The number of carbonyl (C=O) groups excluding carboxylic acids is 3. The lowest BCUT2D eigenvalue weighted by Gasteiger charge is -2.29. The normalized spacial score (nSPS) is 12.7. The Kier molecular flexibility index (Phi) is 7.00. The van der Waals surface area contributed by atoms with Crippen molar-refractivity contribution in [2.45, 2.75) is 19.8 Å². The van der Waals surface area contributed by atoms with E-state index in [0.29, 0.717) is 18.0 Å². The highest BCUT2D eigenvalue weighted by molar-refractivity contribution is 6.04. The Bertz CT molecular complexity index is 947. The van der Waals surface area contributed by atoms with E-state index in [-0.39, 0.29) is 42.9 Å². The predicted molar refractivity (Wildman–Crippen MR) is 108 cm³/mol. The maximum Gasteiger partial charge on any atom is 0.265 e. The highest BCUT2D eigenvalue weighted by Crippen LogP contribution is 2.33. The summed E-state index contributed by atoms with van der Waals surface area (Å²) in [7, 11) is 0. The lowest BCUT2D eigenvalue weighted by molar-refractivity contribution is -0.125. The van der Waals surface area contributed by atoms with Gasteiger partial charge in [-0.1, -0.05) is 25.5 Å². The second kappa shape index (κ2) is 9.87. The molecule has 3 rings (SSSR count). The van der Waals surface area contributed by atoms with Crippen LogP contribution in [0.1, 0.15) is 30.1 Å². The van der Waals surface area contributed by atoms with Crippen molar-refractivity contribution in [3.8, 4) is 11.5 Å². The van der Waals surface area contributed by atoms with E-state index >= 15 is 0 Å². The number of halogens is 1. The number of carbonyl (C=O) groups is 3. The lowest BCUT2D eigenvalue weighted by Crippen LogP contribution is -2.45. The van der Waals surface area contributed by atoms with Crippen LogP contribution in [0.5, 0.6) is 11.5 Å². The zero-order valence-corrected chi connectivity index (χ0v) is 16.7. The molecule has 30 heavy (non-hydrogen) atoms. The first-order valence-electron chi connectivity index (χ1n) is 9.74. The van der Waals surface area contributed by atoms with Gasteiger partial charge in [0, 0.05) is 12.1 Å². The van der Waals surface area contributed by atoms with Crippen molar-refractivity contribution in [1.29, 1.82) is 0 Å². The van der Waals surface area contributed by atoms with Crippen LogP contribution in [0.4, 0.5) is 10.1 Å². The van der Waals surface area contributed by atoms with E-state index in [0.717, 1.165) is 12.8 Å². The van der Waals surface area contributed by atoms with Gasteiger partial charge in [0.25, 0.3) is 5.91 Å². The Balaban J connectivity index is 1.72. The van der Waals surface area contributed by atoms with E-state index in [4.69, 9.17) is 9.47 Å². The molecular weight excluding hydrogens is 391 g/mol. The largest absolute Gasteiger partial charge is 0.482 e. The number of ether oxygens (including phenoxy) is 2. The third-order valence-electron chi connectivity index (χ3n) is 4.57. The average Bonchev–Trinajstić information content (AvgIpc) is 2.75. The van der Waals surface area contributed by atoms with E-state index < -0.39 is 11.6 Å². The molecule has 0 spiro atoms. The van der Waals surface area contributed by atoms with Crippen molar-refractivity contribution in [3.63, 3.8) is 0 Å². The van der Waals surface area contributed by atoms with Crippen LogP contribution in [0.15, 0.2) is 42.5 Å². The second-order valence-corrected chi connectivity index (χ2v) is 6.80. The monoisotopic (exact) mass is 414 g/mol. The third-order valence-corrected chi connectivity index (χ3v) is 4.57. The summed E-state index contributed by atoms with van der Waals surface area (Å²) in [6, 6.07) is 10.4. The molecule has 8 heteroatoms. The van der Waals surface area contributed by atoms with Crippen LogP contribution < -0.4 is 19.7 Å². The van der Waals surface area contributed by atoms with Crippen molar-refractivity contribution >= 4 is 23.3 Å². The molecule has 0 saturated heterocycles. The molecule has 0 radical (unpaired) electrons. The summed E-state index contributed by atoms with van der Waals surface area (Å²) in [4.78, 5) is 38.3. The molecule has 0 bridgehead atoms. The number of Topliss-reactive ketones (excluding diaryl/α,β-unsaturated/α-hetero) is 1. The first-order chi connectivity index (χ1) is 14.5. The molecular formula is C22H23FN2O5. The molecule has 2 amide bonds. The second-order valence-electron chi connectivity index (χ2n) is 6.80. The summed E-state index contributed by atoms with van der Waals surface area (Å²) in [6.07, 6.45) is 1.79. The minimum absolute atomic E-state index is 0.0207. The molecule has 1 heterocycles. The van der Waals surface area contributed by atoms with Gasteiger partial charge in [-0.25, -0.2) is 4.39 Å². The summed E-state index contributed by atoms with van der Waals surface area (Å²) in [6.45, 7) is 1.84. The minimum Gasteiger partial charge on any atom is -0.482 e. The zero-order valence-electron chi connectivity index (χ0n) is 16.7. The SMILES string of the molecule is CCCCNC(=O)CN1C(=O)COc2ccc(C(=O)COc3ccccc3F)cc21. The van der Waals surface area contributed by atoms with Gasteiger partial charge in [-0.3, -0.25) is 19.3 Å². The maximum absolute atomic E-state index is 13.7. The van der Waals surface area contributed by atoms with Crippen LogP contribution in [-0.2, 0) is 9.59 Å². The molecule has 2 aromatic carbocycles. The van der Waals surface area contributed by atoms with E-state index in [1.165, 1.54) is 29.2 Å². The van der Waals surface area contributed by atoms with Gasteiger partial charge >= 0.3 is 0 Å². The first kappa shape index (κ1) is 21.3. The highest BCUT2D eigenvalue weighted by atomic mass is 19.1. The van der Waals surface area contributed by atoms with Crippen molar-refractivity contribution in [1.82, 2.24) is 5.32 Å². The number of hydrogen-bond acceptors (Lipinski definition) is 5. The van der Waals surface area contributed by atoms with Crippen molar-refractivity contribution < 1.29 is 28.2 Å². The standard InChI is InChI=1S/C22H23FN2O5/c1-2-3-10-24-21(27)12-25-17-11-15(8-9-20(17)30-14-22(25)28)18(26)13-29-19-7-5-4-6-16(19)23/h4-9,11H,2-3,10,12-14H2,1H3,(H,24,27). The molecule has 0 fully saturated rings. The maximum atomic E-state index is 13.7. The van der Waals surface area contributed by atoms with Gasteiger partial charge in [0.15, 0.2) is 30.6 Å². The molecule has 0 unspecified atom stereocenters. The number of nitrogens with zero attached hydrogens (tertiary/aromatic N) is 1. The third kappa shape index (κ3) is 5.14. The van der Waals surface area contributed by atoms with Crippen molar-refractivity contribution in [3.05, 3.63) is 53.8 Å². The van der Waals surface area contributed by atoms with Gasteiger partial charge < -0.3 is 14.8 Å². The smallest absolute Gasteiger partial charge is 0.265 e. The Morgan fingerprint density at radius 1 is 1.23 bits per heavy atom. The van der Waals surface area contributed by atoms with Gasteiger partial charge in [-0.05, 0) is 36.8 Å². The Labute approximate surface area is 173 Å². The summed E-state index contributed by atoms with van der Waals surface area (Å²) in [5.74, 6) is -1.23. The Hall–Kier alpha value is -3.42. The number of unbranched alkanes of at least 4 members (excludes halogenated alkanes) is 1. The lowest BCUT2D eigenvalue weighted by atomic mass is 10.1. The van der Waals surface area contributed by atoms with Gasteiger partial charge in [0.1, 0.15) is 12.3 Å². The molecule has 1 N–H and O–H groups in total. The fourth-order valence-electron chi connectivity index (χ4n) is 2.94. The zero-order chi connectivity index (χ0) is 21.5. The van der Waals surface area contributed by atoms with Crippen LogP contribution in [0, 0.1) is 5.82 Å². The average molecular weight is 414 g/mol. The number of hydrogen-bond donors (Lipinski definition) is 1. The van der Waals surface area contributed by atoms with E-state index in [9.17, 15) is 18.8 Å². The van der Waals surface area contributed by atoms with Crippen molar-refractivity contribution in [2.75, 3.05) is 31.2 Å². The van der Waals surface area contributed by atoms with Gasteiger partial charge in [-0.2, -0.15) is 0 Å². The van der Waals surface area contributed by atoms with E-state index in [1.807, 2.05) is 6.92 Å². The molecule has 2 aromatic rings. The molecule has 158 valence electrons. The highest BCUT2D eigenvalue weighted by Gasteiger charge is 2.28. The summed E-state index contributed by atoms with van der Waals surface area (Å²) >= 11 is 0. The van der Waals surface area contributed by atoms with Gasteiger partial charge in [-0.15, -0.1) is 0 Å². The number of rotatable bonds is 9. The number of nitrogens with one attached hydrogen (secondary N) is 1. The number of para-hydroxylation sites is 1. The Morgan fingerprint density at radius 2 is 2.03 bits per heavy atom. The molecule has 0 saturated carbocycles. The number of benzene rings is 2. The molecule has 0 atom stereocenters. The van der Waals surface area contributed by atoms with E-state index in [2.05, 4.69) is 5.32 Å². The number of ketones is 1. The van der Waals surface area contributed by atoms with Crippen LogP contribution >= 0.6 is 0 Å². The van der Waals surface area contributed by atoms with Crippen molar-refractivity contribution in [2.24, 2.45) is 0 Å². The molecule has 1 aliphatic rings. The predicted octanol–water partition coefficient (Wildman–Crippen LogP) is 2.73. The molecule has 7 nitrogen and oxygen atoms in total. The van der Waals surface area contributed by atoms with Crippen LogP contribution in [0.2, 0.25) is 0 Å². The number of amides is 2. The summed E-state index contributed by atoms with van der Waals surface area (Å²) in [5, 5.41) is 2.77. The quantitative estimate of drug-likeness (QED) is 0.504. The minimum atomic E-state index is -0.560.